The molecule has 1 aliphatic heterocycles. The molecule has 0 amide bonds. The van der Waals surface area contributed by atoms with Crippen LogP contribution in [-0.2, 0) is 11.3 Å². The molecule has 6 nitrogen and oxygen atoms in total. The Hall–Kier alpha value is -1.51. The van der Waals surface area contributed by atoms with Crippen LogP contribution in [0.3, 0.4) is 0 Å². The average Bonchev–Trinajstić information content (AvgIpc) is 3.17. The summed E-state index contributed by atoms with van der Waals surface area (Å²) in [6.45, 7) is 4.05. The molecule has 4 rings (SSSR count). The van der Waals surface area contributed by atoms with Crippen LogP contribution in [0.2, 0.25) is 10.0 Å². The van der Waals surface area contributed by atoms with Gasteiger partial charge < -0.3 is 4.74 Å². The summed E-state index contributed by atoms with van der Waals surface area (Å²) < 4.78 is 7.18. The van der Waals surface area contributed by atoms with Gasteiger partial charge in [-0.2, -0.15) is 9.61 Å². The van der Waals surface area contributed by atoms with Crippen molar-refractivity contribution < 1.29 is 4.74 Å². The number of rotatable bonds is 4. The van der Waals surface area contributed by atoms with Gasteiger partial charge in [-0.1, -0.05) is 46.7 Å². The predicted octanol–water partition coefficient (Wildman–Crippen LogP) is 3.50. The van der Waals surface area contributed by atoms with Crippen LogP contribution in [0.4, 0.5) is 0 Å². The molecule has 0 radical (unpaired) electrons. The van der Waals surface area contributed by atoms with Crippen LogP contribution in [0.1, 0.15) is 16.4 Å². The zero-order valence-electron chi connectivity index (χ0n) is 13.2. The predicted molar refractivity (Wildman–Crippen MR) is 100 cm³/mol. The number of hydrogen-bond donors (Lipinski definition) is 0. The molecule has 1 aliphatic rings. The molecular formula is C16H15Cl2N5OS. The number of halogens is 2. The molecule has 130 valence electrons. The fraction of sp³-hybridized carbons (Fsp3) is 0.312. The van der Waals surface area contributed by atoms with E-state index < -0.39 is 0 Å². The van der Waals surface area contributed by atoms with E-state index in [1.165, 1.54) is 11.3 Å². The molecular weight excluding hydrogens is 381 g/mol. The van der Waals surface area contributed by atoms with Crippen molar-refractivity contribution in [1.29, 1.82) is 0 Å². The second kappa shape index (κ2) is 7.39. The molecule has 1 saturated heterocycles. The molecule has 0 aliphatic carbocycles. The third kappa shape index (κ3) is 3.86. The van der Waals surface area contributed by atoms with E-state index in [9.17, 15) is 0 Å². The summed E-state index contributed by atoms with van der Waals surface area (Å²) >= 11 is 13.6. The van der Waals surface area contributed by atoms with Crippen molar-refractivity contribution in [2.45, 2.75) is 6.54 Å². The van der Waals surface area contributed by atoms with Crippen molar-refractivity contribution in [2.75, 3.05) is 26.3 Å². The van der Waals surface area contributed by atoms with Crippen molar-refractivity contribution >= 4 is 51.7 Å². The lowest BCUT2D eigenvalue weighted by Gasteiger charge is -2.25. The lowest BCUT2D eigenvalue weighted by atomic mass is 10.2. The zero-order chi connectivity index (χ0) is 17.2. The highest BCUT2D eigenvalue weighted by molar-refractivity contribution is 7.17. The summed E-state index contributed by atoms with van der Waals surface area (Å²) in [7, 11) is 0. The van der Waals surface area contributed by atoms with E-state index in [0.717, 1.165) is 54.2 Å². The highest BCUT2D eigenvalue weighted by atomic mass is 35.5. The largest absolute Gasteiger partial charge is 0.379 e. The number of nitrogens with zero attached hydrogens (tertiary/aromatic N) is 5. The fourth-order valence-corrected chi connectivity index (χ4v) is 3.83. The number of fused-ring (bicyclic) bond motifs is 1. The summed E-state index contributed by atoms with van der Waals surface area (Å²) in [6.07, 6.45) is 3.85. The number of morpholine rings is 1. The van der Waals surface area contributed by atoms with Crippen molar-refractivity contribution in [3.63, 3.8) is 0 Å². The zero-order valence-corrected chi connectivity index (χ0v) is 15.6. The molecule has 1 aromatic carbocycles. The second-order valence-electron chi connectivity index (χ2n) is 5.64. The van der Waals surface area contributed by atoms with E-state index in [2.05, 4.69) is 20.2 Å². The lowest BCUT2D eigenvalue weighted by Crippen LogP contribution is -2.36. The standard InChI is InChI=1S/C16H15Cl2N5OS/c17-12-3-1-11(13(18)9-12)2-4-15-21-23-14(19-20-16(23)25-15)10-22-5-7-24-8-6-22/h1-4,9H,5-8,10H2. The maximum absolute atomic E-state index is 6.19. The summed E-state index contributed by atoms with van der Waals surface area (Å²) in [5, 5.41) is 15.1. The van der Waals surface area contributed by atoms with Gasteiger partial charge in [-0.3, -0.25) is 4.90 Å². The van der Waals surface area contributed by atoms with Crippen LogP contribution < -0.4 is 0 Å². The first-order chi connectivity index (χ1) is 12.2. The van der Waals surface area contributed by atoms with Gasteiger partial charge in [-0.25, -0.2) is 0 Å². The molecule has 0 unspecified atom stereocenters. The molecule has 3 heterocycles. The van der Waals surface area contributed by atoms with Crippen LogP contribution in [0.5, 0.6) is 0 Å². The minimum atomic E-state index is 0.611. The molecule has 25 heavy (non-hydrogen) atoms. The first kappa shape index (κ1) is 16.9. The van der Waals surface area contributed by atoms with Gasteiger partial charge in [0.05, 0.1) is 19.8 Å². The number of aromatic nitrogens is 4. The maximum atomic E-state index is 6.19. The van der Waals surface area contributed by atoms with Crippen LogP contribution in [-0.4, -0.2) is 51.0 Å². The van der Waals surface area contributed by atoms with Gasteiger partial charge in [-0.15, -0.1) is 10.2 Å². The van der Waals surface area contributed by atoms with Crippen LogP contribution in [0.15, 0.2) is 18.2 Å². The monoisotopic (exact) mass is 395 g/mol. The van der Waals surface area contributed by atoms with Gasteiger partial charge in [0.25, 0.3) is 0 Å². The minimum absolute atomic E-state index is 0.611. The Morgan fingerprint density at radius 2 is 2.00 bits per heavy atom. The maximum Gasteiger partial charge on any atom is 0.235 e. The van der Waals surface area contributed by atoms with E-state index in [4.69, 9.17) is 27.9 Å². The molecule has 0 atom stereocenters. The van der Waals surface area contributed by atoms with Crippen molar-refractivity contribution in [3.05, 3.63) is 44.6 Å². The van der Waals surface area contributed by atoms with Crippen LogP contribution in [0, 0.1) is 0 Å². The van der Waals surface area contributed by atoms with Crippen LogP contribution in [0.25, 0.3) is 17.1 Å². The lowest BCUT2D eigenvalue weighted by molar-refractivity contribution is 0.0328. The summed E-state index contributed by atoms with van der Waals surface area (Å²) in [6, 6.07) is 5.42. The van der Waals surface area contributed by atoms with Gasteiger partial charge in [0.1, 0.15) is 5.01 Å². The van der Waals surface area contributed by atoms with Gasteiger partial charge >= 0.3 is 0 Å². The highest BCUT2D eigenvalue weighted by Crippen LogP contribution is 2.24. The van der Waals surface area contributed by atoms with E-state index >= 15 is 0 Å². The van der Waals surface area contributed by atoms with Crippen molar-refractivity contribution in [1.82, 2.24) is 24.7 Å². The summed E-state index contributed by atoms with van der Waals surface area (Å²) in [5.41, 5.74) is 0.894. The summed E-state index contributed by atoms with van der Waals surface area (Å²) in [5.74, 6) is 0.845. The highest BCUT2D eigenvalue weighted by Gasteiger charge is 2.16. The molecule has 0 saturated carbocycles. The third-order valence-corrected chi connectivity index (χ3v) is 5.33. The second-order valence-corrected chi connectivity index (χ2v) is 7.47. The van der Waals surface area contributed by atoms with Gasteiger partial charge in [0.15, 0.2) is 5.82 Å². The van der Waals surface area contributed by atoms with E-state index in [-0.39, 0.29) is 0 Å². The van der Waals surface area contributed by atoms with Crippen molar-refractivity contribution in [3.8, 4) is 0 Å². The molecule has 9 heteroatoms. The van der Waals surface area contributed by atoms with Crippen molar-refractivity contribution in [2.24, 2.45) is 0 Å². The van der Waals surface area contributed by atoms with Crippen LogP contribution >= 0.6 is 34.5 Å². The molecule has 3 aromatic rings. The van der Waals surface area contributed by atoms with E-state index in [0.29, 0.717) is 10.0 Å². The molecule has 0 bridgehead atoms. The Labute approximate surface area is 158 Å². The normalized spacial score (nSPS) is 16.2. The number of ether oxygens (including phenoxy) is 1. The Bertz CT molecular complexity index is 917. The quantitative estimate of drug-likeness (QED) is 0.676. The topological polar surface area (TPSA) is 55.5 Å². The third-order valence-electron chi connectivity index (χ3n) is 3.91. The Morgan fingerprint density at radius 1 is 1.16 bits per heavy atom. The number of hydrogen-bond acceptors (Lipinski definition) is 6. The van der Waals surface area contributed by atoms with Gasteiger partial charge in [0, 0.05) is 23.1 Å². The first-order valence-corrected chi connectivity index (χ1v) is 9.40. The Morgan fingerprint density at radius 3 is 2.80 bits per heavy atom. The Balaban J connectivity index is 1.54. The number of benzene rings is 1. The van der Waals surface area contributed by atoms with E-state index in [1.807, 2.05) is 28.8 Å². The Kier molecular flexibility index (Phi) is 5.00. The van der Waals surface area contributed by atoms with Gasteiger partial charge in [-0.05, 0) is 23.8 Å². The SMILES string of the molecule is Clc1ccc(C=Cc2nn3c(CN4CCOCC4)nnc3s2)c(Cl)c1. The minimum Gasteiger partial charge on any atom is -0.379 e. The summed E-state index contributed by atoms with van der Waals surface area (Å²) in [4.78, 5) is 3.08. The molecule has 0 N–H and O–H groups in total. The average molecular weight is 396 g/mol. The molecule has 1 fully saturated rings. The smallest absolute Gasteiger partial charge is 0.235 e. The van der Waals surface area contributed by atoms with Gasteiger partial charge in [0.2, 0.25) is 4.96 Å². The first-order valence-electron chi connectivity index (χ1n) is 7.83. The fourth-order valence-electron chi connectivity index (χ4n) is 2.60. The molecule has 0 spiro atoms. The molecule has 2 aromatic heterocycles. The van der Waals surface area contributed by atoms with E-state index in [1.54, 1.807) is 6.07 Å².